The maximum atomic E-state index is 12.1. The van der Waals surface area contributed by atoms with Crippen molar-refractivity contribution in [3.8, 4) is 0 Å². The van der Waals surface area contributed by atoms with E-state index in [4.69, 9.17) is 4.74 Å². The van der Waals surface area contributed by atoms with Gasteiger partial charge >= 0.3 is 0 Å². The number of benzene rings is 1. The zero-order chi connectivity index (χ0) is 11.4. The van der Waals surface area contributed by atoms with Gasteiger partial charge in [0.15, 0.2) is 0 Å². The van der Waals surface area contributed by atoms with Crippen LogP contribution < -0.4 is 0 Å². The molecule has 2 rings (SSSR count). The van der Waals surface area contributed by atoms with Crippen LogP contribution in [0.3, 0.4) is 0 Å². The smallest absolute Gasteiger partial charge is 0.253 e. The second-order valence-corrected chi connectivity index (χ2v) is 4.09. The average Bonchev–Trinajstić information content (AvgIpc) is 2.39. The van der Waals surface area contributed by atoms with E-state index in [1.807, 2.05) is 35.2 Å². The molecule has 1 heterocycles. The molecule has 0 aromatic heterocycles. The summed E-state index contributed by atoms with van der Waals surface area (Å²) >= 11 is 0. The molecule has 0 bridgehead atoms. The molecule has 0 unspecified atom stereocenters. The summed E-state index contributed by atoms with van der Waals surface area (Å²) in [5.41, 5.74) is 0.776. The number of methoxy groups -OCH3 is 1. The highest BCUT2D eigenvalue weighted by Crippen LogP contribution is 2.15. The van der Waals surface area contributed by atoms with E-state index in [1.165, 1.54) is 0 Å². The first-order chi connectivity index (χ1) is 7.81. The van der Waals surface area contributed by atoms with Crippen molar-refractivity contribution in [2.75, 3.05) is 20.2 Å². The number of carbonyl (C=O) groups excluding carboxylic acids is 1. The molecule has 1 aliphatic heterocycles. The second-order valence-electron chi connectivity index (χ2n) is 4.09. The summed E-state index contributed by atoms with van der Waals surface area (Å²) in [6.07, 6.45) is 2.20. The summed E-state index contributed by atoms with van der Waals surface area (Å²) in [7, 11) is 1.74. The van der Waals surface area contributed by atoms with Crippen molar-refractivity contribution in [3.05, 3.63) is 35.9 Å². The van der Waals surface area contributed by atoms with Gasteiger partial charge in [0.05, 0.1) is 6.10 Å². The van der Waals surface area contributed by atoms with Gasteiger partial charge < -0.3 is 9.64 Å². The Morgan fingerprint density at radius 1 is 1.25 bits per heavy atom. The molecule has 3 nitrogen and oxygen atoms in total. The minimum atomic E-state index is 0.134. The molecule has 1 fully saturated rings. The van der Waals surface area contributed by atoms with Crippen LogP contribution in [-0.4, -0.2) is 37.1 Å². The zero-order valence-electron chi connectivity index (χ0n) is 9.56. The van der Waals surface area contributed by atoms with E-state index >= 15 is 0 Å². The molecule has 0 spiro atoms. The van der Waals surface area contributed by atoms with E-state index in [2.05, 4.69) is 0 Å². The lowest BCUT2D eigenvalue weighted by molar-refractivity contribution is 0.0351. The molecular formula is C13H17NO2. The Morgan fingerprint density at radius 3 is 2.44 bits per heavy atom. The predicted octanol–water partition coefficient (Wildman–Crippen LogP) is 1.94. The number of carbonyl (C=O) groups is 1. The number of rotatable bonds is 2. The third kappa shape index (κ3) is 2.42. The van der Waals surface area contributed by atoms with Gasteiger partial charge in [0.1, 0.15) is 0 Å². The number of amides is 1. The molecule has 1 aromatic rings. The van der Waals surface area contributed by atoms with Crippen molar-refractivity contribution in [1.29, 1.82) is 0 Å². The van der Waals surface area contributed by atoms with Crippen LogP contribution in [0.5, 0.6) is 0 Å². The van der Waals surface area contributed by atoms with Crippen LogP contribution in [0.4, 0.5) is 0 Å². The predicted molar refractivity (Wildman–Crippen MR) is 62.4 cm³/mol. The third-order valence-corrected chi connectivity index (χ3v) is 3.08. The van der Waals surface area contributed by atoms with Gasteiger partial charge in [-0.15, -0.1) is 0 Å². The lowest BCUT2D eigenvalue weighted by atomic mass is 10.1. The Hall–Kier alpha value is -1.35. The first kappa shape index (κ1) is 11.1. The van der Waals surface area contributed by atoms with Crippen LogP contribution in [0.25, 0.3) is 0 Å². The fourth-order valence-electron chi connectivity index (χ4n) is 2.06. The number of nitrogens with zero attached hydrogens (tertiary/aromatic N) is 1. The summed E-state index contributed by atoms with van der Waals surface area (Å²) in [4.78, 5) is 14.0. The topological polar surface area (TPSA) is 29.5 Å². The van der Waals surface area contributed by atoms with Crippen LogP contribution in [0.15, 0.2) is 30.3 Å². The Bertz CT molecular complexity index is 342. The Labute approximate surface area is 96.0 Å². The van der Waals surface area contributed by atoms with Gasteiger partial charge in [0, 0.05) is 25.8 Å². The number of hydrogen-bond donors (Lipinski definition) is 0. The van der Waals surface area contributed by atoms with Crippen LogP contribution in [0.1, 0.15) is 23.2 Å². The second kappa shape index (κ2) is 5.12. The standard InChI is InChI=1S/C13H17NO2/c1-16-12-7-9-14(10-8-12)13(15)11-5-3-2-4-6-11/h2-6,12H,7-10H2,1H3. The summed E-state index contributed by atoms with van der Waals surface area (Å²) in [5.74, 6) is 0.134. The van der Waals surface area contributed by atoms with E-state index in [0.29, 0.717) is 6.10 Å². The molecule has 1 aromatic carbocycles. The van der Waals surface area contributed by atoms with E-state index in [9.17, 15) is 4.79 Å². The van der Waals surface area contributed by atoms with Gasteiger partial charge in [-0.25, -0.2) is 0 Å². The minimum Gasteiger partial charge on any atom is -0.381 e. The van der Waals surface area contributed by atoms with Gasteiger partial charge in [-0.1, -0.05) is 18.2 Å². The van der Waals surface area contributed by atoms with Gasteiger partial charge in [0.25, 0.3) is 5.91 Å². The molecule has 1 amide bonds. The highest BCUT2D eigenvalue weighted by molar-refractivity contribution is 5.94. The molecule has 1 aliphatic rings. The summed E-state index contributed by atoms with van der Waals surface area (Å²) in [5, 5.41) is 0. The molecule has 86 valence electrons. The van der Waals surface area contributed by atoms with E-state index in [-0.39, 0.29) is 5.91 Å². The summed E-state index contributed by atoms with van der Waals surface area (Å²) < 4.78 is 5.29. The average molecular weight is 219 g/mol. The Kier molecular flexibility index (Phi) is 3.57. The summed E-state index contributed by atoms with van der Waals surface area (Å²) in [6.45, 7) is 1.60. The van der Waals surface area contributed by atoms with Crippen molar-refractivity contribution in [1.82, 2.24) is 4.90 Å². The summed E-state index contributed by atoms with van der Waals surface area (Å²) in [6, 6.07) is 9.45. The van der Waals surface area contributed by atoms with Crippen molar-refractivity contribution in [2.24, 2.45) is 0 Å². The number of piperidine rings is 1. The molecular weight excluding hydrogens is 202 g/mol. The van der Waals surface area contributed by atoms with Crippen molar-refractivity contribution < 1.29 is 9.53 Å². The zero-order valence-corrected chi connectivity index (χ0v) is 9.56. The number of ether oxygens (including phenoxy) is 1. The van der Waals surface area contributed by atoms with Crippen LogP contribution >= 0.6 is 0 Å². The Morgan fingerprint density at radius 2 is 1.88 bits per heavy atom. The lowest BCUT2D eigenvalue weighted by Crippen LogP contribution is -2.40. The van der Waals surface area contributed by atoms with Crippen LogP contribution in [0, 0.1) is 0 Å². The fourth-order valence-corrected chi connectivity index (χ4v) is 2.06. The lowest BCUT2D eigenvalue weighted by Gasteiger charge is -2.31. The van der Waals surface area contributed by atoms with Gasteiger partial charge in [0.2, 0.25) is 0 Å². The van der Waals surface area contributed by atoms with E-state index in [1.54, 1.807) is 7.11 Å². The Balaban J connectivity index is 1.97. The van der Waals surface area contributed by atoms with Gasteiger partial charge in [-0.05, 0) is 25.0 Å². The minimum absolute atomic E-state index is 0.134. The molecule has 0 atom stereocenters. The first-order valence-electron chi connectivity index (χ1n) is 5.68. The van der Waals surface area contributed by atoms with Gasteiger partial charge in [-0.3, -0.25) is 4.79 Å². The molecule has 3 heteroatoms. The van der Waals surface area contributed by atoms with E-state index in [0.717, 1.165) is 31.5 Å². The number of hydrogen-bond acceptors (Lipinski definition) is 2. The maximum absolute atomic E-state index is 12.1. The van der Waals surface area contributed by atoms with Crippen molar-refractivity contribution in [3.63, 3.8) is 0 Å². The fraction of sp³-hybridized carbons (Fsp3) is 0.462. The molecule has 0 saturated carbocycles. The molecule has 0 N–H and O–H groups in total. The largest absolute Gasteiger partial charge is 0.381 e. The molecule has 16 heavy (non-hydrogen) atoms. The SMILES string of the molecule is COC1CCN(C(=O)c2ccccc2)CC1. The molecule has 0 radical (unpaired) electrons. The monoisotopic (exact) mass is 219 g/mol. The first-order valence-corrected chi connectivity index (χ1v) is 5.68. The van der Waals surface area contributed by atoms with E-state index < -0.39 is 0 Å². The highest BCUT2D eigenvalue weighted by Gasteiger charge is 2.22. The van der Waals surface area contributed by atoms with Gasteiger partial charge in [-0.2, -0.15) is 0 Å². The highest BCUT2D eigenvalue weighted by atomic mass is 16.5. The molecule has 1 saturated heterocycles. The van der Waals surface area contributed by atoms with Crippen LogP contribution in [-0.2, 0) is 4.74 Å². The third-order valence-electron chi connectivity index (χ3n) is 3.08. The van der Waals surface area contributed by atoms with Crippen molar-refractivity contribution in [2.45, 2.75) is 18.9 Å². The molecule has 0 aliphatic carbocycles. The van der Waals surface area contributed by atoms with Crippen LogP contribution in [0.2, 0.25) is 0 Å². The maximum Gasteiger partial charge on any atom is 0.253 e. The van der Waals surface area contributed by atoms with Crippen molar-refractivity contribution >= 4 is 5.91 Å². The number of likely N-dealkylation sites (tertiary alicyclic amines) is 1. The normalized spacial score (nSPS) is 17.4. The quantitative estimate of drug-likeness (QED) is 0.760.